The van der Waals surface area contributed by atoms with Gasteiger partial charge < -0.3 is 11.1 Å². The Bertz CT molecular complexity index is 532. The van der Waals surface area contributed by atoms with E-state index in [0.717, 1.165) is 35.2 Å². The molecule has 0 fully saturated rings. The predicted molar refractivity (Wildman–Crippen MR) is 74.1 cm³/mol. The van der Waals surface area contributed by atoms with Crippen molar-refractivity contribution in [2.24, 2.45) is 0 Å². The highest BCUT2D eigenvalue weighted by Crippen LogP contribution is 2.25. The third kappa shape index (κ3) is 2.56. The summed E-state index contributed by atoms with van der Waals surface area (Å²) in [6, 6.07) is 7.80. The zero-order valence-corrected chi connectivity index (χ0v) is 9.98. The Hall–Kier alpha value is -2.03. The number of nitrogens with zero attached hydrogens (tertiary/aromatic N) is 1. The number of pyridine rings is 1. The van der Waals surface area contributed by atoms with Crippen molar-refractivity contribution in [2.45, 2.75) is 13.3 Å². The number of benzene rings is 1. The number of nitrogens with one attached hydrogen (secondary N) is 1. The SMILES string of the molecule is C/C=C/CCNc1ccc(N)c2cccnc12. The smallest absolute Gasteiger partial charge is 0.0953 e. The van der Waals surface area contributed by atoms with Gasteiger partial charge in [-0.15, -0.1) is 0 Å². The van der Waals surface area contributed by atoms with Crippen molar-refractivity contribution in [3.05, 3.63) is 42.6 Å². The van der Waals surface area contributed by atoms with Gasteiger partial charge in [-0.25, -0.2) is 0 Å². The van der Waals surface area contributed by atoms with Gasteiger partial charge in [0.05, 0.1) is 11.2 Å². The molecule has 0 amide bonds. The predicted octanol–water partition coefficient (Wildman–Crippen LogP) is 3.20. The molecular weight excluding hydrogens is 210 g/mol. The molecule has 3 N–H and O–H groups in total. The minimum Gasteiger partial charge on any atom is -0.398 e. The first-order chi connectivity index (χ1) is 8.33. The van der Waals surface area contributed by atoms with Crippen molar-refractivity contribution in [3.8, 4) is 0 Å². The van der Waals surface area contributed by atoms with Crippen molar-refractivity contribution in [2.75, 3.05) is 17.6 Å². The standard InChI is InChI=1S/C14H17N3/c1-2-3-4-9-16-13-8-7-12(15)11-6-5-10-17-14(11)13/h2-3,5-8,10,16H,4,9,15H2,1H3/b3-2+. The Labute approximate surface area is 101 Å². The van der Waals surface area contributed by atoms with Gasteiger partial charge in [0, 0.05) is 23.8 Å². The van der Waals surface area contributed by atoms with Crippen LogP contribution in [0, 0.1) is 0 Å². The lowest BCUT2D eigenvalue weighted by atomic mass is 10.1. The zero-order valence-electron chi connectivity index (χ0n) is 9.98. The topological polar surface area (TPSA) is 50.9 Å². The maximum atomic E-state index is 5.92. The molecule has 0 saturated carbocycles. The number of hydrogen-bond acceptors (Lipinski definition) is 3. The van der Waals surface area contributed by atoms with Gasteiger partial charge in [-0.05, 0) is 37.6 Å². The number of nitrogens with two attached hydrogens (primary N) is 1. The van der Waals surface area contributed by atoms with Crippen LogP contribution in [0.1, 0.15) is 13.3 Å². The molecular formula is C14H17N3. The van der Waals surface area contributed by atoms with Crippen LogP contribution in [0.4, 0.5) is 11.4 Å². The Morgan fingerprint density at radius 2 is 2.24 bits per heavy atom. The number of allylic oxidation sites excluding steroid dienone is 1. The monoisotopic (exact) mass is 227 g/mol. The van der Waals surface area contributed by atoms with Crippen molar-refractivity contribution in [1.82, 2.24) is 4.98 Å². The Balaban J connectivity index is 2.25. The lowest BCUT2D eigenvalue weighted by Crippen LogP contribution is -2.02. The van der Waals surface area contributed by atoms with Crippen LogP contribution < -0.4 is 11.1 Å². The summed E-state index contributed by atoms with van der Waals surface area (Å²) in [6.45, 7) is 2.93. The first kappa shape index (κ1) is 11.5. The van der Waals surface area contributed by atoms with E-state index in [9.17, 15) is 0 Å². The summed E-state index contributed by atoms with van der Waals surface area (Å²) in [5.41, 5.74) is 8.67. The minimum absolute atomic E-state index is 0.770. The van der Waals surface area contributed by atoms with Gasteiger partial charge in [0.15, 0.2) is 0 Å². The van der Waals surface area contributed by atoms with E-state index in [2.05, 4.69) is 22.5 Å². The fraction of sp³-hybridized carbons (Fsp3) is 0.214. The van der Waals surface area contributed by atoms with Crippen molar-refractivity contribution >= 4 is 22.3 Å². The zero-order chi connectivity index (χ0) is 12.1. The molecule has 0 bridgehead atoms. The molecule has 0 aliphatic heterocycles. The molecule has 0 spiro atoms. The highest BCUT2D eigenvalue weighted by Gasteiger charge is 2.03. The van der Waals surface area contributed by atoms with Crippen molar-refractivity contribution in [3.63, 3.8) is 0 Å². The largest absolute Gasteiger partial charge is 0.398 e. The van der Waals surface area contributed by atoms with Gasteiger partial charge in [-0.3, -0.25) is 4.98 Å². The molecule has 1 aromatic heterocycles. The number of fused-ring (bicyclic) bond motifs is 1. The first-order valence-corrected chi connectivity index (χ1v) is 5.81. The number of hydrogen-bond donors (Lipinski definition) is 2. The normalized spacial score (nSPS) is 11.1. The van der Waals surface area contributed by atoms with E-state index in [0.29, 0.717) is 0 Å². The molecule has 0 saturated heterocycles. The van der Waals surface area contributed by atoms with E-state index in [4.69, 9.17) is 5.73 Å². The van der Waals surface area contributed by atoms with Gasteiger partial charge in [-0.2, -0.15) is 0 Å². The summed E-state index contributed by atoms with van der Waals surface area (Å²) < 4.78 is 0. The molecule has 0 aliphatic carbocycles. The fourth-order valence-corrected chi connectivity index (χ4v) is 1.79. The number of nitrogen functional groups attached to an aromatic ring is 1. The quantitative estimate of drug-likeness (QED) is 0.479. The Kier molecular flexibility index (Phi) is 3.60. The van der Waals surface area contributed by atoms with Crippen LogP contribution in [0.2, 0.25) is 0 Å². The minimum atomic E-state index is 0.770. The van der Waals surface area contributed by atoms with E-state index >= 15 is 0 Å². The molecule has 1 aromatic carbocycles. The van der Waals surface area contributed by atoms with Crippen LogP contribution >= 0.6 is 0 Å². The Morgan fingerprint density at radius 1 is 1.35 bits per heavy atom. The van der Waals surface area contributed by atoms with Crippen molar-refractivity contribution < 1.29 is 0 Å². The average molecular weight is 227 g/mol. The molecule has 0 aliphatic rings. The van der Waals surface area contributed by atoms with Crippen LogP contribution in [0.15, 0.2) is 42.6 Å². The average Bonchev–Trinajstić information content (AvgIpc) is 2.37. The second-order valence-electron chi connectivity index (χ2n) is 3.89. The molecule has 88 valence electrons. The second kappa shape index (κ2) is 5.34. The van der Waals surface area contributed by atoms with E-state index in [1.807, 2.05) is 31.2 Å². The second-order valence-corrected chi connectivity index (χ2v) is 3.89. The summed E-state index contributed by atoms with van der Waals surface area (Å²) >= 11 is 0. The first-order valence-electron chi connectivity index (χ1n) is 5.81. The third-order valence-corrected chi connectivity index (χ3v) is 2.67. The van der Waals surface area contributed by atoms with Crippen LogP contribution in [0.5, 0.6) is 0 Å². The summed E-state index contributed by atoms with van der Waals surface area (Å²) in [4.78, 5) is 4.38. The maximum Gasteiger partial charge on any atom is 0.0953 e. The highest BCUT2D eigenvalue weighted by atomic mass is 14.9. The molecule has 2 rings (SSSR count). The van der Waals surface area contributed by atoms with E-state index in [1.54, 1.807) is 6.20 Å². The van der Waals surface area contributed by atoms with Gasteiger partial charge >= 0.3 is 0 Å². The highest BCUT2D eigenvalue weighted by molar-refractivity contribution is 5.98. The maximum absolute atomic E-state index is 5.92. The molecule has 17 heavy (non-hydrogen) atoms. The van der Waals surface area contributed by atoms with E-state index in [-0.39, 0.29) is 0 Å². The Morgan fingerprint density at radius 3 is 3.06 bits per heavy atom. The fourth-order valence-electron chi connectivity index (χ4n) is 1.79. The van der Waals surface area contributed by atoms with Gasteiger partial charge in [-0.1, -0.05) is 12.2 Å². The van der Waals surface area contributed by atoms with Gasteiger partial charge in [0.25, 0.3) is 0 Å². The van der Waals surface area contributed by atoms with Crippen molar-refractivity contribution in [1.29, 1.82) is 0 Å². The molecule has 0 unspecified atom stereocenters. The lowest BCUT2D eigenvalue weighted by molar-refractivity contribution is 1.07. The van der Waals surface area contributed by atoms with E-state index in [1.165, 1.54) is 0 Å². The summed E-state index contributed by atoms with van der Waals surface area (Å²) in [5.74, 6) is 0. The molecule has 3 heteroatoms. The number of rotatable bonds is 4. The molecule has 3 nitrogen and oxygen atoms in total. The van der Waals surface area contributed by atoms with Crippen LogP contribution in [-0.4, -0.2) is 11.5 Å². The third-order valence-electron chi connectivity index (χ3n) is 2.67. The summed E-state index contributed by atoms with van der Waals surface area (Å²) in [5, 5.41) is 4.38. The van der Waals surface area contributed by atoms with Crippen LogP contribution in [-0.2, 0) is 0 Å². The lowest BCUT2D eigenvalue weighted by Gasteiger charge is -2.09. The molecule has 0 radical (unpaired) electrons. The number of anilines is 2. The molecule has 0 atom stereocenters. The van der Waals surface area contributed by atoms with Gasteiger partial charge in [0.1, 0.15) is 0 Å². The van der Waals surface area contributed by atoms with E-state index < -0.39 is 0 Å². The summed E-state index contributed by atoms with van der Waals surface area (Å²) in [6.07, 6.45) is 7.00. The van der Waals surface area contributed by atoms with Gasteiger partial charge in [0.2, 0.25) is 0 Å². The number of aromatic nitrogens is 1. The summed E-state index contributed by atoms with van der Waals surface area (Å²) in [7, 11) is 0. The van der Waals surface area contributed by atoms with Crippen LogP contribution in [0.3, 0.4) is 0 Å². The molecule has 2 aromatic rings. The van der Waals surface area contributed by atoms with Crippen LogP contribution in [0.25, 0.3) is 10.9 Å². The molecule has 1 heterocycles.